The Balaban J connectivity index is 1.58. The summed E-state index contributed by atoms with van der Waals surface area (Å²) in [5.74, 6) is 1.10. The summed E-state index contributed by atoms with van der Waals surface area (Å²) in [6, 6.07) is 0.329. The first kappa shape index (κ1) is 17.6. The monoisotopic (exact) mass is 377 g/mol. The van der Waals surface area contributed by atoms with Crippen LogP contribution in [0.25, 0.3) is 0 Å². The molecule has 0 aromatic heterocycles. The van der Waals surface area contributed by atoms with Crippen molar-refractivity contribution in [2.45, 2.75) is 76.2 Å². The maximum atomic E-state index is 11.5. The molecular formula is C22H35NO4. The molecule has 0 radical (unpaired) electrons. The molecule has 6 aliphatic carbocycles. The second-order valence-electron chi connectivity index (χ2n) is 11.3. The van der Waals surface area contributed by atoms with Crippen molar-refractivity contribution in [2.24, 2.45) is 39.9 Å². The van der Waals surface area contributed by atoms with Gasteiger partial charge in [-0.2, -0.15) is 0 Å². The van der Waals surface area contributed by atoms with Crippen molar-refractivity contribution < 1.29 is 20.4 Å². The zero-order chi connectivity index (χ0) is 19.0. The number of hydrogen-bond donors (Lipinski definition) is 4. The van der Waals surface area contributed by atoms with E-state index in [-0.39, 0.29) is 40.8 Å². The number of aliphatic hydroxyl groups excluding tert-OH is 3. The van der Waals surface area contributed by atoms with Crippen LogP contribution in [0.2, 0.25) is 0 Å². The van der Waals surface area contributed by atoms with E-state index in [0.717, 1.165) is 51.6 Å². The molecule has 0 aromatic rings. The van der Waals surface area contributed by atoms with Crippen molar-refractivity contribution in [3.8, 4) is 0 Å². The summed E-state index contributed by atoms with van der Waals surface area (Å²) in [6.07, 6.45) is 4.61. The maximum Gasteiger partial charge on any atom is 0.117 e. The van der Waals surface area contributed by atoms with Gasteiger partial charge >= 0.3 is 0 Å². The lowest BCUT2D eigenvalue weighted by atomic mass is 9.38. The van der Waals surface area contributed by atoms with Crippen LogP contribution in [0.4, 0.5) is 0 Å². The minimum atomic E-state index is -1.36. The molecule has 5 nitrogen and oxygen atoms in total. The lowest BCUT2D eigenvalue weighted by molar-refractivity contribution is -0.297. The minimum absolute atomic E-state index is 0.0470. The highest BCUT2D eigenvalue weighted by atomic mass is 16.4. The fourth-order valence-electron chi connectivity index (χ4n) is 10.4. The largest absolute Gasteiger partial charge is 0.393 e. The van der Waals surface area contributed by atoms with Crippen LogP contribution in [0.15, 0.2) is 0 Å². The Kier molecular flexibility index (Phi) is 3.21. The molecule has 5 heteroatoms. The van der Waals surface area contributed by atoms with Crippen LogP contribution < -0.4 is 0 Å². The van der Waals surface area contributed by atoms with Gasteiger partial charge in [-0.1, -0.05) is 13.8 Å². The van der Waals surface area contributed by atoms with Crippen LogP contribution in [0, 0.1) is 39.9 Å². The van der Waals surface area contributed by atoms with Crippen molar-refractivity contribution in [1.29, 1.82) is 0 Å². The number of aliphatic hydroxyl groups is 4. The maximum absolute atomic E-state index is 11.5. The van der Waals surface area contributed by atoms with E-state index < -0.39 is 11.7 Å². The summed E-state index contributed by atoms with van der Waals surface area (Å²) in [5.41, 5.74) is -1.55. The van der Waals surface area contributed by atoms with Crippen molar-refractivity contribution in [3.63, 3.8) is 0 Å². The first-order chi connectivity index (χ1) is 12.8. The quantitative estimate of drug-likeness (QED) is 0.577. The van der Waals surface area contributed by atoms with Crippen LogP contribution in [0.3, 0.4) is 0 Å². The van der Waals surface area contributed by atoms with Gasteiger partial charge in [0.1, 0.15) is 5.60 Å². The topological polar surface area (TPSA) is 84.2 Å². The van der Waals surface area contributed by atoms with E-state index >= 15 is 0 Å². The van der Waals surface area contributed by atoms with Crippen molar-refractivity contribution in [1.82, 2.24) is 4.90 Å². The van der Waals surface area contributed by atoms with Crippen molar-refractivity contribution in [2.75, 3.05) is 19.7 Å². The number of hydrogen-bond acceptors (Lipinski definition) is 5. The van der Waals surface area contributed by atoms with E-state index in [1.165, 1.54) is 0 Å². The lowest BCUT2D eigenvalue weighted by Gasteiger charge is -2.69. The Labute approximate surface area is 161 Å². The van der Waals surface area contributed by atoms with Gasteiger partial charge in [-0.15, -0.1) is 0 Å². The molecule has 11 atom stereocenters. The van der Waals surface area contributed by atoms with Gasteiger partial charge in [-0.25, -0.2) is 0 Å². The van der Waals surface area contributed by atoms with E-state index in [1.807, 2.05) is 0 Å². The molecule has 4 N–H and O–H groups in total. The van der Waals surface area contributed by atoms with Crippen LogP contribution >= 0.6 is 0 Å². The summed E-state index contributed by atoms with van der Waals surface area (Å²) in [7, 11) is 0. The third-order valence-electron chi connectivity index (χ3n) is 11.1. The summed E-state index contributed by atoms with van der Waals surface area (Å²) in [6.45, 7) is 6.43. The highest BCUT2D eigenvalue weighted by Gasteiger charge is 2.86. The zero-order valence-corrected chi connectivity index (χ0v) is 16.6. The third-order valence-corrected chi connectivity index (χ3v) is 11.1. The summed E-state index contributed by atoms with van der Waals surface area (Å²) < 4.78 is 0. The SMILES string of the molecule is CCN1C[C@]2(C)CCC(O)C34C1C(CC32)C12CCC(CC41)[C@@](O)(CO)[C@H]2O. The highest BCUT2D eigenvalue weighted by Crippen LogP contribution is 2.83. The van der Waals surface area contributed by atoms with E-state index in [9.17, 15) is 20.4 Å². The van der Waals surface area contributed by atoms with Crippen LogP contribution in [0.5, 0.6) is 0 Å². The Morgan fingerprint density at radius 3 is 2.56 bits per heavy atom. The molecule has 2 spiro atoms. The van der Waals surface area contributed by atoms with E-state index in [1.54, 1.807) is 0 Å². The minimum Gasteiger partial charge on any atom is -0.393 e. The second-order valence-corrected chi connectivity index (χ2v) is 11.3. The van der Waals surface area contributed by atoms with Crippen molar-refractivity contribution in [3.05, 3.63) is 0 Å². The van der Waals surface area contributed by atoms with Gasteiger partial charge in [0.05, 0.1) is 18.8 Å². The molecule has 27 heavy (non-hydrogen) atoms. The fourth-order valence-corrected chi connectivity index (χ4v) is 10.4. The van der Waals surface area contributed by atoms with E-state index in [4.69, 9.17) is 0 Å². The molecule has 8 unspecified atom stereocenters. The number of likely N-dealkylation sites (tertiary alicyclic amines) is 1. The molecule has 0 aromatic carbocycles. The van der Waals surface area contributed by atoms with Gasteiger partial charge in [0.15, 0.2) is 0 Å². The first-order valence-corrected chi connectivity index (χ1v) is 11.2. The van der Waals surface area contributed by atoms with Gasteiger partial charge < -0.3 is 20.4 Å². The molecule has 1 saturated heterocycles. The zero-order valence-electron chi connectivity index (χ0n) is 16.6. The number of piperidine rings is 1. The van der Waals surface area contributed by atoms with Crippen LogP contribution in [0.1, 0.15) is 52.4 Å². The van der Waals surface area contributed by atoms with Gasteiger partial charge in [-0.05, 0) is 74.2 Å². The lowest BCUT2D eigenvalue weighted by Crippen LogP contribution is -2.74. The molecule has 7 aliphatic rings. The van der Waals surface area contributed by atoms with Gasteiger partial charge in [0.2, 0.25) is 0 Å². The molecule has 7 fully saturated rings. The molecule has 7 bridgehead atoms. The van der Waals surface area contributed by atoms with Gasteiger partial charge in [-0.3, -0.25) is 4.90 Å². The van der Waals surface area contributed by atoms with Crippen LogP contribution in [-0.2, 0) is 0 Å². The van der Waals surface area contributed by atoms with E-state index in [2.05, 4.69) is 18.7 Å². The number of fused-ring (bicyclic) bond motifs is 2. The molecule has 0 amide bonds. The molecule has 1 aliphatic heterocycles. The number of nitrogens with zero attached hydrogens (tertiary/aromatic N) is 1. The number of rotatable bonds is 2. The van der Waals surface area contributed by atoms with Crippen LogP contribution in [-0.4, -0.2) is 68.9 Å². The Morgan fingerprint density at radius 1 is 1.07 bits per heavy atom. The van der Waals surface area contributed by atoms with Crippen molar-refractivity contribution >= 4 is 0 Å². The smallest absolute Gasteiger partial charge is 0.117 e. The van der Waals surface area contributed by atoms with Gasteiger partial charge in [0.25, 0.3) is 0 Å². The average Bonchev–Trinajstić information content (AvgIpc) is 3.12. The summed E-state index contributed by atoms with van der Waals surface area (Å²) in [5, 5.41) is 44.3. The summed E-state index contributed by atoms with van der Waals surface area (Å²) >= 11 is 0. The molecule has 6 saturated carbocycles. The molecule has 1 heterocycles. The normalized spacial score (nSPS) is 66.2. The molecular weight excluding hydrogens is 342 g/mol. The second kappa shape index (κ2) is 4.92. The van der Waals surface area contributed by atoms with E-state index in [0.29, 0.717) is 17.9 Å². The average molecular weight is 378 g/mol. The van der Waals surface area contributed by atoms with Gasteiger partial charge in [0, 0.05) is 23.4 Å². The highest BCUT2D eigenvalue weighted by molar-refractivity contribution is 5.35. The first-order valence-electron chi connectivity index (χ1n) is 11.2. The Morgan fingerprint density at radius 2 is 1.85 bits per heavy atom. The standard InChI is InChI=1S/C22H35NO4/c1-3-23-10-19(2)6-5-16(25)22-14(19)9-13(17(22)23)20-7-4-12(8-15(20)22)21(27,11-24)18(20)26/h12-18,24-27H,3-11H2,1-2H3/t12?,13?,14?,15?,16?,17?,18-,19-,20?,21-,22?/m0/s1. The Hall–Kier alpha value is -0.200. The predicted molar refractivity (Wildman–Crippen MR) is 99.7 cm³/mol. The third kappa shape index (κ3) is 1.53. The predicted octanol–water partition coefficient (Wildman–Crippen LogP) is 0.988. The Bertz CT molecular complexity index is 687. The molecule has 152 valence electrons. The molecule has 7 rings (SSSR count). The summed E-state index contributed by atoms with van der Waals surface area (Å²) in [4.78, 5) is 2.63. The fraction of sp³-hybridized carbons (Fsp3) is 1.00.